The third-order valence-electron chi connectivity index (χ3n) is 7.20. The molecule has 1 aliphatic rings. The summed E-state index contributed by atoms with van der Waals surface area (Å²) >= 11 is 6.39. The predicted octanol–water partition coefficient (Wildman–Crippen LogP) is 5.31. The molecular weight excluding hydrogens is 522 g/mol. The lowest BCUT2D eigenvalue weighted by molar-refractivity contribution is -0.141. The first kappa shape index (κ1) is 30.0. The van der Waals surface area contributed by atoms with E-state index < -0.39 is 16.1 Å². The van der Waals surface area contributed by atoms with Crippen molar-refractivity contribution in [2.45, 2.75) is 83.8 Å². The quantitative estimate of drug-likeness (QED) is 0.380. The van der Waals surface area contributed by atoms with E-state index in [9.17, 15) is 18.0 Å². The van der Waals surface area contributed by atoms with Gasteiger partial charge in [0.2, 0.25) is 21.8 Å². The number of rotatable bonds is 12. The predicted molar refractivity (Wildman–Crippen MR) is 154 cm³/mol. The van der Waals surface area contributed by atoms with Crippen molar-refractivity contribution < 1.29 is 18.0 Å². The van der Waals surface area contributed by atoms with E-state index in [2.05, 4.69) is 5.32 Å². The topological polar surface area (TPSA) is 86.8 Å². The molecule has 7 nitrogen and oxygen atoms in total. The van der Waals surface area contributed by atoms with Gasteiger partial charge < -0.3 is 10.2 Å². The van der Waals surface area contributed by atoms with Gasteiger partial charge in [0, 0.05) is 30.6 Å². The Bertz CT molecular complexity index is 1180. The van der Waals surface area contributed by atoms with E-state index in [0.29, 0.717) is 17.1 Å². The summed E-state index contributed by atoms with van der Waals surface area (Å²) < 4.78 is 26.4. The largest absolute Gasteiger partial charge is 0.352 e. The van der Waals surface area contributed by atoms with Crippen molar-refractivity contribution in [1.82, 2.24) is 10.2 Å². The van der Waals surface area contributed by atoms with E-state index in [1.54, 1.807) is 30.0 Å². The zero-order valence-corrected chi connectivity index (χ0v) is 24.2. The summed E-state index contributed by atoms with van der Waals surface area (Å²) in [6.45, 7) is 4.15. The molecule has 0 aliphatic heterocycles. The van der Waals surface area contributed by atoms with Crippen LogP contribution in [0.3, 0.4) is 0 Å². The lowest BCUT2D eigenvalue weighted by Crippen LogP contribution is -2.50. The van der Waals surface area contributed by atoms with E-state index in [-0.39, 0.29) is 37.4 Å². The van der Waals surface area contributed by atoms with Crippen LogP contribution in [0.25, 0.3) is 0 Å². The molecule has 0 aromatic heterocycles. The van der Waals surface area contributed by atoms with Gasteiger partial charge in [0.1, 0.15) is 6.04 Å². The number of hydrogen-bond donors (Lipinski definition) is 1. The van der Waals surface area contributed by atoms with Gasteiger partial charge in [0.25, 0.3) is 0 Å². The number of sulfonamides is 1. The van der Waals surface area contributed by atoms with Crippen LogP contribution in [0.1, 0.15) is 69.9 Å². The fourth-order valence-corrected chi connectivity index (χ4v) is 6.02. The normalized spacial score (nSPS) is 15.1. The number of carbonyl (C=O) groups excluding carboxylic acids is 2. The fourth-order valence-electron chi connectivity index (χ4n) is 4.86. The Morgan fingerprint density at radius 3 is 2.32 bits per heavy atom. The Morgan fingerprint density at radius 1 is 1.05 bits per heavy atom. The number of hydrogen-bond acceptors (Lipinski definition) is 4. The Morgan fingerprint density at radius 2 is 1.71 bits per heavy atom. The molecule has 3 rings (SSSR count). The Balaban J connectivity index is 1.71. The zero-order chi connectivity index (χ0) is 27.7. The van der Waals surface area contributed by atoms with Crippen molar-refractivity contribution in [3.05, 3.63) is 64.7 Å². The molecule has 38 heavy (non-hydrogen) atoms. The maximum Gasteiger partial charge on any atom is 0.242 e. The molecule has 9 heteroatoms. The number of nitrogens with zero attached hydrogens (tertiary/aromatic N) is 2. The summed E-state index contributed by atoms with van der Waals surface area (Å²) in [5, 5.41) is 3.66. The van der Waals surface area contributed by atoms with Crippen LogP contribution in [0.5, 0.6) is 0 Å². The van der Waals surface area contributed by atoms with Gasteiger partial charge in [-0.2, -0.15) is 0 Å². The monoisotopic (exact) mass is 561 g/mol. The molecular formula is C29H40ClN3O4S. The lowest BCUT2D eigenvalue weighted by atomic mass is 9.95. The summed E-state index contributed by atoms with van der Waals surface area (Å²) in [4.78, 5) is 28.2. The van der Waals surface area contributed by atoms with Gasteiger partial charge in [-0.3, -0.25) is 13.9 Å². The standard InChI is InChI=1S/C29H40ClN3O4S/c1-4-23-16-18-26(19-17-23)33(38(3,36)37)20-10-15-28(34)32(21-24-11-8-9-14-27(24)30)22(2)29(35)31-25-12-6-5-7-13-25/h8-9,11,14,16-19,22,25H,4-7,10,12-13,15,20-21H2,1-3H3,(H,31,35)/t22-/m0/s1. The van der Waals surface area contributed by atoms with Crippen LogP contribution in [-0.4, -0.2) is 50.0 Å². The number of benzene rings is 2. The summed E-state index contributed by atoms with van der Waals surface area (Å²) in [7, 11) is -3.53. The van der Waals surface area contributed by atoms with Crippen molar-refractivity contribution in [2.75, 3.05) is 17.1 Å². The maximum atomic E-state index is 13.5. The number of aryl methyl sites for hydroxylation is 1. The molecule has 0 radical (unpaired) electrons. The highest BCUT2D eigenvalue weighted by Crippen LogP contribution is 2.23. The van der Waals surface area contributed by atoms with Crippen LogP contribution >= 0.6 is 11.6 Å². The summed E-state index contributed by atoms with van der Waals surface area (Å²) in [5.41, 5.74) is 2.45. The molecule has 1 N–H and O–H groups in total. The first-order chi connectivity index (χ1) is 18.1. The summed E-state index contributed by atoms with van der Waals surface area (Å²) in [6, 6.07) is 14.2. The Hall–Kier alpha value is -2.58. The second kappa shape index (κ2) is 14.0. The molecule has 1 atom stereocenters. The second-order valence-corrected chi connectivity index (χ2v) is 12.4. The number of carbonyl (C=O) groups is 2. The lowest BCUT2D eigenvalue weighted by Gasteiger charge is -2.31. The van der Waals surface area contributed by atoms with Gasteiger partial charge in [-0.25, -0.2) is 8.42 Å². The van der Waals surface area contributed by atoms with Crippen LogP contribution in [-0.2, 0) is 32.6 Å². The zero-order valence-electron chi connectivity index (χ0n) is 22.7. The van der Waals surface area contributed by atoms with Crippen molar-refractivity contribution >= 4 is 39.1 Å². The molecule has 0 saturated heterocycles. The minimum absolute atomic E-state index is 0.102. The first-order valence-corrected chi connectivity index (χ1v) is 15.7. The Labute approximate surface area is 232 Å². The van der Waals surface area contributed by atoms with Crippen LogP contribution in [0, 0.1) is 0 Å². The third kappa shape index (κ3) is 8.46. The molecule has 0 bridgehead atoms. The third-order valence-corrected chi connectivity index (χ3v) is 8.76. The van der Waals surface area contributed by atoms with Crippen LogP contribution in [0.4, 0.5) is 5.69 Å². The minimum atomic E-state index is -3.53. The fraction of sp³-hybridized carbons (Fsp3) is 0.517. The Kier molecular flexibility index (Phi) is 11.0. The molecule has 1 fully saturated rings. The molecule has 208 valence electrons. The average Bonchev–Trinajstić information content (AvgIpc) is 2.90. The van der Waals surface area contributed by atoms with Gasteiger partial charge in [-0.1, -0.05) is 68.1 Å². The van der Waals surface area contributed by atoms with Gasteiger partial charge in [0.15, 0.2) is 0 Å². The van der Waals surface area contributed by atoms with E-state index >= 15 is 0 Å². The highest BCUT2D eigenvalue weighted by molar-refractivity contribution is 7.92. The number of nitrogens with one attached hydrogen (secondary N) is 1. The highest BCUT2D eigenvalue weighted by atomic mass is 35.5. The summed E-state index contributed by atoms with van der Waals surface area (Å²) in [5.74, 6) is -0.392. The van der Waals surface area contributed by atoms with Gasteiger partial charge >= 0.3 is 0 Å². The van der Waals surface area contributed by atoms with Crippen LogP contribution < -0.4 is 9.62 Å². The van der Waals surface area contributed by atoms with Crippen molar-refractivity contribution in [1.29, 1.82) is 0 Å². The molecule has 2 aromatic rings. The van der Waals surface area contributed by atoms with Crippen molar-refractivity contribution in [3.8, 4) is 0 Å². The maximum absolute atomic E-state index is 13.5. The molecule has 0 spiro atoms. The molecule has 2 amide bonds. The molecule has 1 saturated carbocycles. The van der Waals surface area contributed by atoms with Crippen molar-refractivity contribution in [2.24, 2.45) is 0 Å². The molecule has 0 heterocycles. The summed E-state index contributed by atoms with van der Waals surface area (Å²) in [6.07, 6.45) is 7.74. The molecule has 0 unspecified atom stereocenters. The van der Waals surface area contributed by atoms with Crippen LogP contribution in [0.2, 0.25) is 5.02 Å². The van der Waals surface area contributed by atoms with E-state index in [1.165, 1.54) is 17.0 Å². The SMILES string of the molecule is CCc1ccc(N(CCCC(=O)N(Cc2ccccc2Cl)[C@@H](C)C(=O)NC2CCCCC2)S(C)(=O)=O)cc1. The van der Waals surface area contributed by atoms with E-state index in [0.717, 1.165) is 43.2 Å². The number of amides is 2. The van der Waals surface area contributed by atoms with Gasteiger partial charge in [-0.05, 0) is 61.9 Å². The van der Waals surface area contributed by atoms with Gasteiger partial charge in [-0.15, -0.1) is 0 Å². The number of halogens is 1. The van der Waals surface area contributed by atoms with Crippen LogP contribution in [0.15, 0.2) is 48.5 Å². The van der Waals surface area contributed by atoms with Gasteiger partial charge in [0.05, 0.1) is 11.9 Å². The van der Waals surface area contributed by atoms with Crippen molar-refractivity contribution in [3.63, 3.8) is 0 Å². The smallest absolute Gasteiger partial charge is 0.242 e. The minimum Gasteiger partial charge on any atom is -0.352 e. The average molecular weight is 562 g/mol. The number of anilines is 1. The molecule has 2 aromatic carbocycles. The second-order valence-electron chi connectivity index (χ2n) is 10.1. The highest BCUT2D eigenvalue weighted by Gasteiger charge is 2.29. The van der Waals surface area contributed by atoms with E-state index in [4.69, 9.17) is 11.6 Å². The first-order valence-electron chi connectivity index (χ1n) is 13.5. The molecule has 1 aliphatic carbocycles. The van der Waals surface area contributed by atoms with E-state index in [1.807, 2.05) is 37.3 Å².